The number of hydrogen-bond donors (Lipinski definition) is 2. The van der Waals surface area contributed by atoms with Crippen molar-refractivity contribution in [2.45, 2.75) is 47.0 Å². The number of aliphatic imine (C=N–C) groups is 1. The second-order valence-corrected chi connectivity index (χ2v) is 8.90. The van der Waals surface area contributed by atoms with Crippen LogP contribution >= 0.6 is 0 Å². The number of rotatable bonds is 5. The zero-order valence-electron chi connectivity index (χ0n) is 19.5. The number of carboxylic acids is 1. The Balaban J connectivity index is 1.95. The van der Waals surface area contributed by atoms with Crippen LogP contribution in [-0.4, -0.2) is 29.9 Å². The molecule has 0 saturated heterocycles. The molecule has 1 aliphatic carbocycles. The van der Waals surface area contributed by atoms with E-state index in [0.717, 1.165) is 64.7 Å². The molecule has 3 atom stereocenters. The fraction of sp³-hybridized carbons (Fsp3) is 0.407. The van der Waals surface area contributed by atoms with Crippen LogP contribution in [0.3, 0.4) is 0 Å². The van der Waals surface area contributed by atoms with Gasteiger partial charge in [-0.05, 0) is 69.4 Å². The van der Waals surface area contributed by atoms with Crippen molar-refractivity contribution in [2.24, 2.45) is 16.8 Å². The van der Waals surface area contributed by atoms with E-state index in [-0.39, 0.29) is 17.8 Å². The highest BCUT2D eigenvalue weighted by atomic mass is 16.5. The second kappa shape index (κ2) is 8.81. The molecule has 2 N–H and O–H groups in total. The van der Waals surface area contributed by atoms with Gasteiger partial charge in [0.05, 0.1) is 5.56 Å². The third-order valence-electron chi connectivity index (χ3n) is 6.57. The molecule has 0 bridgehead atoms. The highest BCUT2D eigenvalue weighted by Gasteiger charge is 2.41. The Morgan fingerprint density at radius 3 is 2.66 bits per heavy atom. The number of anilines is 1. The van der Waals surface area contributed by atoms with E-state index in [0.29, 0.717) is 5.56 Å². The van der Waals surface area contributed by atoms with Gasteiger partial charge >= 0.3 is 5.97 Å². The van der Waals surface area contributed by atoms with Crippen LogP contribution < -0.4 is 10.1 Å². The number of carboxylic acid groups (broad SMARTS) is 1. The van der Waals surface area contributed by atoms with Crippen LogP contribution in [0.1, 0.15) is 65.7 Å². The third kappa shape index (κ3) is 3.92. The van der Waals surface area contributed by atoms with E-state index in [1.54, 1.807) is 6.07 Å². The molecular formula is C27H32N2O3. The molecule has 2 aliphatic rings. The van der Waals surface area contributed by atoms with Crippen LogP contribution in [0.15, 0.2) is 47.2 Å². The van der Waals surface area contributed by atoms with Crippen LogP contribution in [0.2, 0.25) is 0 Å². The average Bonchev–Trinajstić information content (AvgIpc) is 2.74. The normalized spacial score (nSPS) is 23.1. The smallest absolute Gasteiger partial charge is 0.335 e. The van der Waals surface area contributed by atoms with Crippen molar-refractivity contribution in [3.8, 4) is 5.75 Å². The molecule has 4 rings (SSSR count). The summed E-state index contributed by atoms with van der Waals surface area (Å²) in [6.45, 7) is 11.9. The van der Waals surface area contributed by atoms with Gasteiger partial charge in [-0.2, -0.15) is 0 Å². The van der Waals surface area contributed by atoms with Gasteiger partial charge < -0.3 is 15.2 Å². The number of aromatic carboxylic acids is 1. The molecule has 5 heteroatoms. The van der Waals surface area contributed by atoms with Gasteiger partial charge in [-0.25, -0.2) is 4.79 Å². The first-order valence-corrected chi connectivity index (χ1v) is 11.5. The minimum atomic E-state index is -0.889. The molecule has 0 saturated carbocycles. The minimum absolute atomic E-state index is 0.0681. The quantitative estimate of drug-likeness (QED) is 0.612. The van der Waals surface area contributed by atoms with Crippen molar-refractivity contribution in [1.29, 1.82) is 0 Å². The fourth-order valence-corrected chi connectivity index (χ4v) is 5.08. The van der Waals surface area contributed by atoms with Crippen LogP contribution in [0.25, 0.3) is 0 Å². The summed E-state index contributed by atoms with van der Waals surface area (Å²) in [6.07, 6.45) is 2.95. The van der Waals surface area contributed by atoms with Gasteiger partial charge in [0, 0.05) is 48.0 Å². The highest BCUT2D eigenvalue weighted by Crippen LogP contribution is 2.51. The number of hydrogen-bond acceptors (Lipinski definition) is 4. The predicted molar refractivity (Wildman–Crippen MR) is 129 cm³/mol. The molecule has 0 amide bonds. The largest absolute Gasteiger partial charge is 0.478 e. The van der Waals surface area contributed by atoms with Gasteiger partial charge in [0.1, 0.15) is 11.5 Å². The van der Waals surface area contributed by atoms with Crippen molar-refractivity contribution in [3.05, 3.63) is 70.0 Å². The van der Waals surface area contributed by atoms with Gasteiger partial charge in [-0.15, -0.1) is 0 Å². The molecule has 2 aromatic carbocycles. The maximum absolute atomic E-state index is 12.2. The summed E-state index contributed by atoms with van der Waals surface area (Å²) in [4.78, 5) is 16.9. The van der Waals surface area contributed by atoms with E-state index in [4.69, 9.17) is 4.74 Å². The van der Waals surface area contributed by atoms with Gasteiger partial charge in [-0.3, -0.25) is 4.99 Å². The first kappa shape index (κ1) is 22.1. The number of allylic oxidation sites excluding steroid dienone is 2. The first-order valence-electron chi connectivity index (χ1n) is 11.5. The summed E-state index contributed by atoms with van der Waals surface area (Å²) in [6, 6.07) is 10.0. The monoisotopic (exact) mass is 432 g/mol. The predicted octanol–water partition coefficient (Wildman–Crippen LogP) is 5.96. The van der Waals surface area contributed by atoms with Crippen molar-refractivity contribution in [1.82, 2.24) is 0 Å². The summed E-state index contributed by atoms with van der Waals surface area (Å²) >= 11 is 0. The van der Waals surface area contributed by atoms with Gasteiger partial charge in [0.2, 0.25) is 0 Å². The van der Waals surface area contributed by atoms with Gasteiger partial charge in [0.25, 0.3) is 0 Å². The summed E-state index contributed by atoms with van der Waals surface area (Å²) < 4.78 is 6.47. The molecule has 0 fully saturated rings. The Hall–Kier alpha value is -3.08. The Kier molecular flexibility index (Phi) is 6.09. The zero-order chi connectivity index (χ0) is 23.0. The zero-order valence-corrected chi connectivity index (χ0v) is 19.5. The van der Waals surface area contributed by atoms with E-state index in [2.05, 4.69) is 49.3 Å². The maximum Gasteiger partial charge on any atom is 0.335 e. The van der Waals surface area contributed by atoms with Crippen LogP contribution in [-0.2, 0) is 0 Å². The number of fused-ring (bicyclic) bond motifs is 2. The number of aryl methyl sites for hydroxylation is 2. The first-order chi connectivity index (χ1) is 15.3. The van der Waals surface area contributed by atoms with Gasteiger partial charge in [0.15, 0.2) is 0 Å². The third-order valence-corrected chi connectivity index (χ3v) is 6.57. The summed E-state index contributed by atoms with van der Waals surface area (Å²) in [7, 11) is 0. The standard InChI is InChI=1S/C27H32N2O3/c1-6-28-22-13-24-20(11-16(22)4)26(18-9-8-15(3)10-19(18)27(30)31)21-12-17(5)23(29-7-2)14-25(21)32-24/h8-11,13-14,17,21,26,28H,6-7,12H2,1-5H3,(H,30,31)/b29-23-. The van der Waals surface area contributed by atoms with E-state index in [1.807, 2.05) is 26.0 Å². The lowest BCUT2D eigenvalue weighted by Crippen LogP contribution is -2.33. The maximum atomic E-state index is 12.2. The van der Waals surface area contributed by atoms with Crippen LogP contribution in [0, 0.1) is 25.7 Å². The lowest BCUT2D eigenvalue weighted by Gasteiger charge is -2.40. The van der Waals surface area contributed by atoms with E-state index < -0.39 is 5.97 Å². The molecule has 168 valence electrons. The Morgan fingerprint density at radius 2 is 1.97 bits per heavy atom. The van der Waals surface area contributed by atoms with E-state index >= 15 is 0 Å². The van der Waals surface area contributed by atoms with Crippen LogP contribution in [0.4, 0.5) is 5.69 Å². The van der Waals surface area contributed by atoms with E-state index in [9.17, 15) is 9.90 Å². The summed E-state index contributed by atoms with van der Waals surface area (Å²) in [5.41, 5.74) is 6.45. The van der Waals surface area contributed by atoms with Gasteiger partial charge in [-0.1, -0.05) is 24.6 Å². The molecule has 3 unspecified atom stereocenters. The number of carbonyl (C=O) groups is 1. The molecule has 5 nitrogen and oxygen atoms in total. The lowest BCUT2D eigenvalue weighted by atomic mass is 9.69. The van der Waals surface area contributed by atoms with Crippen molar-refractivity contribution in [3.63, 3.8) is 0 Å². The second-order valence-electron chi connectivity index (χ2n) is 8.90. The Bertz CT molecular complexity index is 1120. The number of ether oxygens (including phenoxy) is 1. The Labute approximate surface area is 190 Å². The molecule has 2 aromatic rings. The molecule has 32 heavy (non-hydrogen) atoms. The number of nitrogens with zero attached hydrogens (tertiary/aromatic N) is 1. The van der Waals surface area contributed by atoms with Crippen molar-refractivity contribution < 1.29 is 14.6 Å². The summed E-state index contributed by atoms with van der Waals surface area (Å²) in [5.74, 6) is 1.06. The van der Waals surface area contributed by atoms with Crippen molar-refractivity contribution in [2.75, 3.05) is 18.4 Å². The molecule has 1 heterocycles. The molecule has 1 aliphatic heterocycles. The Morgan fingerprint density at radius 1 is 1.19 bits per heavy atom. The average molecular weight is 433 g/mol. The number of benzene rings is 2. The lowest BCUT2D eigenvalue weighted by molar-refractivity contribution is 0.0694. The number of nitrogens with one attached hydrogen (secondary N) is 1. The fourth-order valence-electron chi connectivity index (χ4n) is 5.08. The molecule has 0 radical (unpaired) electrons. The molecular weight excluding hydrogens is 400 g/mol. The molecule has 0 spiro atoms. The highest BCUT2D eigenvalue weighted by molar-refractivity contribution is 5.98. The summed E-state index contributed by atoms with van der Waals surface area (Å²) in [5, 5.41) is 13.4. The SMILES string of the molecule is CC/N=C1/C=C2Oc3cc(NCC)c(C)cc3C(c3ccc(C)cc3C(=O)O)C2CC1C. The molecule has 0 aromatic heterocycles. The topological polar surface area (TPSA) is 70.9 Å². The van der Waals surface area contributed by atoms with E-state index in [1.165, 1.54) is 0 Å². The van der Waals surface area contributed by atoms with Crippen LogP contribution in [0.5, 0.6) is 5.75 Å². The minimum Gasteiger partial charge on any atom is -0.478 e. The van der Waals surface area contributed by atoms with Crippen molar-refractivity contribution >= 4 is 17.4 Å².